The summed E-state index contributed by atoms with van der Waals surface area (Å²) >= 11 is 5.65. The Kier molecular flexibility index (Phi) is 4.95. The summed E-state index contributed by atoms with van der Waals surface area (Å²) in [5, 5.41) is 2.41. The first kappa shape index (κ1) is 12.7. The van der Waals surface area contributed by atoms with Gasteiger partial charge in [-0.1, -0.05) is 29.8 Å². The lowest BCUT2D eigenvalue weighted by atomic mass is 10.2. The first-order chi connectivity index (χ1) is 7.66. The van der Waals surface area contributed by atoms with Crippen LogP contribution in [0.2, 0.25) is 5.02 Å². The second kappa shape index (κ2) is 6.25. The van der Waals surface area contributed by atoms with Crippen molar-refractivity contribution in [3.63, 3.8) is 0 Å². The molecule has 0 aromatic heterocycles. The lowest BCUT2D eigenvalue weighted by Gasteiger charge is -2.04. The van der Waals surface area contributed by atoms with Gasteiger partial charge in [0.2, 0.25) is 0 Å². The van der Waals surface area contributed by atoms with Gasteiger partial charge in [-0.25, -0.2) is 4.39 Å². The number of halogens is 2. The molecule has 0 aliphatic rings. The van der Waals surface area contributed by atoms with Crippen LogP contribution in [0.15, 0.2) is 30.4 Å². The molecule has 1 rings (SSSR count). The Hall–Kier alpha value is -1.39. The Morgan fingerprint density at radius 2 is 2.25 bits per heavy atom. The van der Waals surface area contributed by atoms with Crippen molar-refractivity contribution < 1.29 is 9.18 Å². The summed E-state index contributed by atoms with van der Waals surface area (Å²) in [4.78, 5) is 11.6. The number of nitrogens with two attached hydrogens (primary N) is 1. The van der Waals surface area contributed by atoms with Crippen LogP contribution in [0.25, 0.3) is 0 Å². The number of hydrogen-bond acceptors (Lipinski definition) is 2. The normalized spacial score (nSPS) is 10.7. The fourth-order valence-electron chi connectivity index (χ4n) is 1.11. The first-order valence-electron chi connectivity index (χ1n) is 4.74. The quantitative estimate of drug-likeness (QED) is 0.790. The maximum Gasteiger partial charge on any atom is 0.253 e. The van der Waals surface area contributed by atoms with Gasteiger partial charge >= 0.3 is 0 Å². The minimum absolute atomic E-state index is 0.128. The predicted molar refractivity (Wildman–Crippen MR) is 61.9 cm³/mol. The number of nitrogens with one attached hydrogen (secondary N) is 1. The lowest BCUT2D eigenvalue weighted by molar-refractivity contribution is 0.0957. The SMILES string of the molecule is NC/C=C/CNC(=O)c1cccc(F)c1Cl. The van der Waals surface area contributed by atoms with Gasteiger partial charge in [0.15, 0.2) is 0 Å². The van der Waals surface area contributed by atoms with E-state index in [1.54, 1.807) is 12.2 Å². The molecule has 1 aromatic rings. The Morgan fingerprint density at radius 3 is 2.94 bits per heavy atom. The fraction of sp³-hybridized carbons (Fsp3) is 0.182. The fourth-order valence-corrected chi connectivity index (χ4v) is 1.32. The van der Waals surface area contributed by atoms with Crippen LogP contribution in [-0.4, -0.2) is 19.0 Å². The van der Waals surface area contributed by atoms with Gasteiger partial charge in [0.1, 0.15) is 5.82 Å². The molecule has 0 bridgehead atoms. The Bertz CT molecular complexity index is 407. The maximum atomic E-state index is 13.0. The average Bonchev–Trinajstić information content (AvgIpc) is 2.28. The van der Waals surface area contributed by atoms with E-state index in [2.05, 4.69) is 5.32 Å². The van der Waals surface area contributed by atoms with Crippen LogP contribution < -0.4 is 11.1 Å². The van der Waals surface area contributed by atoms with Crippen LogP contribution >= 0.6 is 11.6 Å². The van der Waals surface area contributed by atoms with E-state index in [9.17, 15) is 9.18 Å². The van der Waals surface area contributed by atoms with E-state index in [1.807, 2.05) is 0 Å². The molecular formula is C11H12ClFN2O. The van der Waals surface area contributed by atoms with Crippen molar-refractivity contribution in [3.8, 4) is 0 Å². The average molecular weight is 243 g/mol. The van der Waals surface area contributed by atoms with Crippen molar-refractivity contribution in [2.45, 2.75) is 0 Å². The van der Waals surface area contributed by atoms with Gasteiger partial charge in [-0.05, 0) is 12.1 Å². The Balaban J connectivity index is 2.66. The number of rotatable bonds is 4. The molecule has 5 heteroatoms. The highest BCUT2D eigenvalue weighted by atomic mass is 35.5. The number of carbonyl (C=O) groups is 1. The summed E-state index contributed by atoms with van der Waals surface area (Å²) in [5.74, 6) is -1.02. The van der Waals surface area contributed by atoms with Crippen LogP contribution in [-0.2, 0) is 0 Å². The van der Waals surface area contributed by atoms with Gasteiger partial charge in [-0.3, -0.25) is 4.79 Å². The maximum absolute atomic E-state index is 13.0. The van der Waals surface area contributed by atoms with Gasteiger partial charge in [0, 0.05) is 13.1 Å². The zero-order chi connectivity index (χ0) is 12.0. The van der Waals surface area contributed by atoms with Gasteiger partial charge in [-0.15, -0.1) is 0 Å². The van der Waals surface area contributed by atoms with Crippen LogP contribution in [0.5, 0.6) is 0 Å². The van der Waals surface area contributed by atoms with E-state index in [0.717, 1.165) is 0 Å². The second-order valence-electron chi connectivity index (χ2n) is 3.02. The molecule has 3 nitrogen and oxygen atoms in total. The molecule has 0 aliphatic carbocycles. The number of amides is 1. The summed E-state index contributed by atoms with van der Waals surface area (Å²) in [5.41, 5.74) is 5.36. The third kappa shape index (κ3) is 3.32. The number of hydrogen-bond donors (Lipinski definition) is 2. The molecule has 16 heavy (non-hydrogen) atoms. The monoisotopic (exact) mass is 242 g/mol. The Morgan fingerprint density at radius 1 is 1.50 bits per heavy atom. The molecule has 1 aromatic carbocycles. The molecule has 0 spiro atoms. The van der Waals surface area contributed by atoms with Crippen molar-refractivity contribution in [2.75, 3.05) is 13.1 Å². The molecule has 0 saturated carbocycles. The largest absolute Gasteiger partial charge is 0.349 e. The molecule has 0 unspecified atom stereocenters. The number of benzene rings is 1. The van der Waals surface area contributed by atoms with Gasteiger partial charge in [0.05, 0.1) is 10.6 Å². The molecule has 1 amide bonds. The molecular weight excluding hydrogens is 231 g/mol. The molecule has 0 heterocycles. The summed E-state index contributed by atoms with van der Waals surface area (Å²) in [6.45, 7) is 0.749. The van der Waals surface area contributed by atoms with Crippen molar-refractivity contribution in [1.29, 1.82) is 0 Å². The summed E-state index contributed by atoms with van der Waals surface area (Å²) < 4.78 is 13.0. The van der Waals surface area contributed by atoms with E-state index < -0.39 is 11.7 Å². The molecule has 0 saturated heterocycles. The topological polar surface area (TPSA) is 55.1 Å². The third-order valence-corrected chi connectivity index (χ3v) is 2.26. The summed E-state index contributed by atoms with van der Waals surface area (Å²) in [6, 6.07) is 4.10. The highest BCUT2D eigenvalue weighted by molar-refractivity contribution is 6.34. The van der Waals surface area contributed by atoms with Crippen LogP contribution in [0.3, 0.4) is 0 Å². The van der Waals surface area contributed by atoms with Crippen molar-refractivity contribution >= 4 is 17.5 Å². The molecule has 86 valence electrons. The van der Waals surface area contributed by atoms with E-state index in [0.29, 0.717) is 13.1 Å². The zero-order valence-corrected chi connectivity index (χ0v) is 9.30. The standard InChI is InChI=1S/C11H12ClFN2O/c12-10-8(4-3-5-9(10)13)11(16)15-7-2-1-6-14/h1-5H,6-7,14H2,(H,15,16)/b2-1+. The third-order valence-electron chi connectivity index (χ3n) is 1.88. The van der Waals surface area contributed by atoms with E-state index in [1.165, 1.54) is 18.2 Å². The molecule has 0 fully saturated rings. The molecule has 0 radical (unpaired) electrons. The highest BCUT2D eigenvalue weighted by Gasteiger charge is 2.11. The highest BCUT2D eigenvalue weighted by Crippen LogP contribution is 2.19. The van der Waals surface area contributed by atoms with E-state index >= 15 is 0 Å². The van der Waals surface area contributed by atoms with Gasteiger partial charge < -0.3 is 11.1 Å². The summed E-state index contributed by atoms with van der Waals surface area (Å²) in [7, 11) is 0. The first-order valence-corrected chi connectivity index (χ1v) is 5.12. The molecule has 0 aliphatic heterocycles. The predicted octanol–water partition coefficient (Wildman–Crippen LogP) is 1.72. The minimum Gasteiger partial charge on any atom is -0.349 e. The van der Waals surface area contributed by atoms with Gasteiger partial charge in [0.25, 0.3) is 5.91 Å². The Labute approximate surface area is 98.1 Å². The number of carbonyl (C=O) groups excluding carboxylic acids is 1. The van der Waals surface area contributed by atoms with Gasteiger partial charge in [-0.2, -0.15) is 0 Å². The molecule has 0 atom stereocenters. The minimum atomic E-state index is -0.605. The van der Waals surface area contributed by atoms with Crippen molar-refractivity contribution in [3.05, 3.63) is 46.8 Å². The van der Waals surface area contributed by atoms with Crippen LogP contribution in [0.4, 0.5) is 4.39 Å². The van der Waals surface area contributed by atoms with Crippen LogP contribution in [0.1, 0.15) is 10.4 Å². The van der Waals surface area contributed by atoms with Crippen LogP contribution in [0, 0.1) is 5.82 Å². The lowest BCUT2D eigenvalue weighted by Crippen LogP contribution is -2.24. The summed E-state index contributed by atoms with van der Waals surface area (Å²) in [6.07, 6.45) is 3.43. The van der Waals surface area contributed by atoms with E-state index in [4.69, 9.17) is 17.3 Å². The van der Waals surface area contributed by atoms with E-state index in [-0.39, 0.29) is 10.6 Å². The molecule has 3 N–H and O–H groups in total. The smallest absolute Gasteiger partial charge is 0.253 e. The van der Waals surface area contributed by atoms with Crippen molar-refractivity contribution in [1.82, 2.24) is 5.32 Å². The van der Waals surface area contributed by atoms with Crippen molar-refractivity contribution in [2.24, 2.45) is 5.73 Å². The zero-order valence-electron chi connectivity index (χ0n) is 8.54. The second-order valence-corrected chi connectivity index (χ2v) is 3.40.